The van der Waals surface area contributed by atoms with Gasteiger partial charge in [0.05, 0.1) is 27.7 Å². The molecule has 0 aliphatic heterocycles. The molecule has 0 heterocycles. The minimum atomic E-state index is -4.37. The van der Waals surface area contributed by atoms with Gasteiger partial charge < -0.3 is 18.9 Å². The number of nitrogens with zero attached hydrogens (tertiary/aromatic N) is 1. The Balaban J connectivity index is 4.35. The van der Waals surface area contributed by atoms with Crippen LogP contribution in [0.1, 0.15) is 200 Å². The molecule has 0 saturated carbocycles. The fraction of sp³-hybridized carbons (Fsp3) is 0.907. The molecule has 0 radical (unpaired) electrons. The molecule has 9 nitrogen and oxygen atoms in total. The van der Waals surface area contributed by atoms with Crippen LogP contribution in [0.15, 0.2) is 12.2 Å². The monoisotopic (exact) mass is 775 g/mol. The third-order valence-electron chi connectivity index (χ3n) is 9.55. The van der Waals surface area contributed by atoms with Gasteiger partial charge in [0, 0.05) is 12.8 Å². The first-order valence-corrected chi connectivity index (χ1v) is 23.4. The van der Waals surface area contributed by atoms with Crippen LogP contribution in [0, 0.1) is 0 Å². The smallest absolute Gasteiger partial charge is 0.462 e. The van der Waals surface area contributed by atoms with Crippen molar-refractivity contribution in [2.75, 3.05) is 47.5 Å². The summed E-state index contributed by atoms with van der Waals surface area (Å²) >= 11 is 0. The fourth-order valence-corrected chi connectivity index (χ4v) is 6.81. The Kier molecular flexibility index (Phi) is 35.5. The molecule has 53 heavy (non-hydrogen) atoms. The lowest BCUT2D eigenvalue weighted by molar-refractivity contribution is -0.870. The lowest BCUT2D eigenvalue weighted by atomic mass is 10.0. The average molecular weight is 775 g/mol. The van der Waals surface area contributed by atoms with Gasteiger partial charge in [-0.15, -0.1) is 0 Å². The predicted molar refractivity (Wildman–Crippen MR) is 220 cm³/mol. The minimum absolute atomic E-state index is 0.0335. The molecule has 0 aliphatic rings. The average Bonchev–Trinajstić information content (AvgIpc) is 3.10. The molecule has 2 atom stereocenters. The number of hydrogen-bond acceptors (Lipinski definition) is 7. The van der Waals surface area contributed by atoms with Crippen molar-refractivity contribution >= 4 is 19.8 Å². The van der Waals surface area contributed by atoms with Crippen LogP contribution in [-0.2, 0) is 32.7 Å². The first kappa shape index (κ1) is 51.8. The number of ether oxygens (including phenoxy) is 2. The van der Waals surface area contributed by atoms with Gasteiger partial charge in [-0.2, -0.15) is 0 Å². The summed E-state index contributed by atoms with van der Waals surface area (Å²) < 4.78 is 34.3. The maximum Gasteiger partial charge on any atom is 0.472 e. The Morgan fingerprint density at radius 1 is 0.566 bits per heavy atom. The number of carbonyl (C=O) groups excluding carboxylic acids is 2. The summed E-state index contributed by atoms with van der Waals surface area (Å²) in [4.78, 5) is 35.3. The predicted octanol–water partition coefficient (Wildman–Crippen LogP) is 12.2. The van der Waals surface area contributed by atoms with Crippen molar-refractivity contribution in [2.24, 2.45) is 0 Å². The van der Waals surface area contributed by atoms with E-state index >= 15 is 0 Å². The van der Waals surface area contributed by atoms with Crippen molar-refractivity contribution in [3.63, 3.8) is 0 Å². The molecular weight excluding hydrogens is 689 g/mol. The van der Waals surface area contributed by atoms with Crippen molar-refractivity contribution in [3.05, 3.63) is 12.2 Å². The van der Waals surface area contributed by atoms with Crippen LogP contribution in [0.2, 0.25) is 0 Å². The van der Waals surface area contributed by atoms with Crippen LogP contribution in [0.5, 0.6) is 0 Å². The Bertz CT molecular complexity index is 922. The fourth-order valence-electron chi connectivity index (χ4n) is 6.07. The van der Waals surface area contributed by atoms with E-state index in [-0.39, 0.29) is 32.0 Å². The van der Waals surface area contributed by atoms with Crippen LogP contribution in [0.25, 0.3) is 0 Å². The summed E-state index contributed by atoms with van der Waals surface area (Å²) in [5.74, 6) is -0.799. The third-order valence-corrected chi connectivity index (χ3v) is 10.5. The van der Waals surface area contributed by atoms with Gasteiger partial charge in [-0.3, -0.25) is 18.6 Å². The number of likely N-dealkylation sites (N-methyl/N-ethyl adjacent to an activating group) is 1. The molecule has 1 N–H and O–H groups in total. The molecule has 0 bridgehead atoms. The zero-order chi connectivity index (χ0) is 39.3. The van der Waals surface area contributed by atoms with E-state index in [2.05, 4.69) is 26.0 Å². The van der Waals surface area contributed by atoms with Gasteiger partial charge in [0.2, 0.25) is 0 Å². The molecule has 0 spiro atoms. The van der Waals surface area contributed by atoms with E-state index < -0.39 is 26.5 Å². The molecule has 0 aromatic rings. The van der Waals surface area contributed by atoms with Crippen molar-refractivity contribution in [1.82, 2.24) is 0 Å². The first-order chi connectivity index (χ1) is 25.5. The molecule has 1 unspecified atom stereocenters. The second-order valence-corrected chi connectivity index (χ2v) is 17.5. The normalized spacial score (nSPS) is 13.7. The zero-order valence-electron chi connectivity index (χ0n) is 35.3. The van der Waals surface area contributed by atoms with Crippen LogP contribution < -0.4 is 0 Å². The standard InChI is InChI=1S/C43H84NO8P/c1-6-8-10-12-14-16-18-20-22-24-25-27-29-31-33-35-42(45)49-39-41(40-51-53(47,48)50-38-37-44(3,4)5)52-43(46)36-34-32-30-28-26-23-21-19-17-15-13-11-9-7-2/h20,22,41H,6-19,21,23-40H2,1-5H3/p+1/b22-20-/t41-/m1/s1. The lowest BCUT2D eigenvalue weighted by Gasteiger charge is -2.24. The maximum absolute atomic E-state index is 12.7. The number of quaternary nitrogens is 1. The Morgan fingerprint density at radius 3 is 1.40 bits per heavy atom. The molecular formula is C43H85NO8P+. The van der Waals surface area contributed by atoms with Gasteiger partial charge >= 0.3 is 19.8 Å². The van der Waals surface area contributed by atoms with Crippen molar-refractivity contribution < 1.29 is 42.1 Å². The van der Waals surface area contributed by atoms with Crippen molar-refractivity contribution in [2.45, 2.75) is 206 Å². The molecule has 0 fully saturated rings. The third kappa shape index (κ3) is 40.2. The summed E-state index contributed by atoms with van der Waals surface area (Å²) in [7, 11) is 1.48. The van der Waals surface area contributed by atoms with Gasteiger partial charge in [0.25, 0.3) is 0 Å². The highest BCUT2D eigenvalue weighted by Gasteiger charge is 2.27. The first-order valence-electron chi connectivity index (χ1n) is 21.9. The van der Waals surface area contributed by atoms with E-state index in [0.29, 0.717) is 17.4 Å². The van der Waals surface area contributed by atoms with Crippen LogP contribution >= 0.6 is 7.82 Å². The summed E-state index contributed by atoms with van der Waals surface area (Å²) in [6.07, 6.45) is 36.8. The maximum atomic E-state index is 12.7. The molecule has 0 saturated heterocycles. The number of hydrogen-bond donors (Lipinski definition) is 1. The second-order valence-electron chi connectivity index (χ2n) is 16.1. The van der Waals surface area contributed by atoms with E-state index in [4.69, 9.17) is 18.5 Å². The lowest BCUT2D eigenvalue weighted by Crippen LogP contribution is -2.37. The molecule has 0 rings (SSSR count). The number of phosphoric ester groups is 1. The Hall–Kier alpha value is -1.25. The van der Waals surface area contributed by atoms with Crippen molar-refractivity contribution in [3.8, 4) is 0 Å². The zero-order valence-corrected chi connectivity index (χ0v) is 36.2. The number of unbranched alkanes of at least 4 members (excludes halogenated alkanes) is 24. The van der Waals surface area contributed by atoms with Crippen LogP contribution in [-0.4, -0.2) is 74.9 Å². The van der Waals surface area contributed by atoms with Gasteiger partial charge in [-0.05, 0) is 38.5 Å². The van der Waals surface area contributed by atoms with E-state index in [1.807, 2.05) is 21.1 Å². The molecule has 314 valence electrons. The number of esters is 2. The Labute approximate surface area is 326 Å². The number of rotatable bonds is 40. The molecule has 0 amide bonds. The number of phosphoric acid groups is 1. The summed E-state index contributed by atoms with van der Waals surface area (Å²) in [6.45, 7) is 4.42. The van der Waals surface area contributed by atoms with Gasteiger partial charge in [0.15, 0.2) is 6.10 Å². The Morgan fingerprint density at radius 2 is 0.962 bits per heavy atom. The highest BCUT2D eigenvalue weighted by molar-refractivity contribution is 7.47. The van der Waals surface area contributed by atoms with Crippen molar-refractivity contribution in [1.29, 1.82) is 0 Å². The highest BCUT2D eigenvalue weighted by Crippen LogP contribution is 2.43. The molecule has 10 heteroatoms. The quantitative estimate of drug-likeness (QED) is 0.0215. The molecule has 0 aliphatic carbocycles. The van der Waals surface area contributed by atoms with Gasteiger partial charge in [0.1, 0.15) is 19.8 Å². The topological polar surface area (TPSA) is 108 Å². The summed E-state index contributed by atoms with van der Waals surface area (Å²) in [5.41, 5.74) is 0. The van der Waals surface area contributed by atoms with E-state index in [1.165, 1.54) is 116 Å². The molecule has 0 aromatic heterocycles. The second kappa shape index (κ2) is 36.4. The van der Waals surface area contributed by atoms with Gasteiger partial charge in [-0.1, -0.05) is 161 Å². The van der Waals surface area contributed by atoms with Crippen LogP contribution in [0.3, 0.4) is 0 Å². The van der Waals surface area contributed by atoms with Crippen LogP contribution in [0.4, 0.5) is 0 Å². The molecule has 0 aromatic carbocycles. The van der Waals surface area contributed by atoms with E-state index in [1.54, 1.807) is 0 Å². The number of carbonyl (C=O) groups is 2. The number of allylic oxidation sites excluding steroid dienone is 2. The highest BCUT2D eigenvalue weighted by atomic mass is 31.2. The SMILES string of the molecule is CCCCCCCC/C=C\CCCCCCCC(=O)OC[C@H](COP(=O)(O)OCC[N+](C)(C)C)OC(=O)CCCCCCCCCCCCCCCC. The summed E-state index contributed by atoms with van der Waals surface area (Å²) in [6, 6.07) is 0. The van der Waals surface area contributed by atoms with E-state index in [0.717, 1.165) is 51.4 Å². The minimum Gasteiger partial charge on any atom is -0.462 e. The summed E-state index contributed by atoms with van der Waals surface area (Å²) in [5, 5.41) is 0. The largest absolute Gasteiger partial charge is 0.472 e. The van der Waals surface area contributed by atoms with Gasteiger partial charge in [-0.25, -0.2) is 4.57 Å². The van der Waals surface area contributed by atoms with E-state index in [9.17, 15) is 19.0 Å².